The fourth-order valence-electron chi connectivity index (χ4n) is 2.20. The number of halogens is 1. The van der Waals surface area contributed by atoms with Gasteiger partial charge in [-0.3, -0.25) is 9.59 Å². The molecule has 0 fully saturated rings. The lowest BCUT2D eigenvalue weighted by Gasteiger charge is -2.09. The van der Waals surface area contributed by atoms with Crippen LogP contribution in [-0.2, 0) is 0 Å². The molecule has 2 aromatic carbocycles. The van der Waals surface area contributed by atoms with E-state index < -0.39 is 0 Å². The molecule has 6 heteroatoms. The van der Waals surface area contributed by atoms with Crippen LogP contribution in [0.5, 0.6) is 5.75 Å². The van der Waals surface area contributed by atoms with Gasteiger partial charge in [0.15, 0.2) is 0 Å². The zero-order chi connectivity index (χ0) is 18.2. The minimum absolute atomic E-state index is 0.137. The Morgan fingerprint density at radius 1 is 1.04 bits per heavy atom. The van der Waals surface area contributed by atoms with Gasteiger partial charge in [-0.2, -0.15) is 0 Å². The van der Waals surface area contributed by atoms with Gasteiger partial charge in [0.25, 0.3) is 11.8 Å². The van der Waals surface area contributed by atoms with E-state index >= 15 is 0 Å². The molecule has 0 aliphatic carbocycles. The van der Waals surface area contributed by atoms with Crippen LogP contribution in [0.3, 0.4) is 0 Å². The monoisotopic (exact) mass is 360 g/mol. The van der Waals surface area contributed by atoms with E-state index in [0.29, 0.717) is 34.1 Å². The van der Waals surface area contributed by atoms with Gasteiger partial charge in [0.2, 0.25) is 0 Å². The summed E-state index contributed by atoms with van der Waals surface area (Å²) >= 11 is 6.05. The highest BCUT2D eigenvalue weighted by Crippen LogP contribution is 2.27. The smallest absolute Gasteiger partial charge is 0.255 e. The van der Waals surface area contributed by atoms with E-state index in [2.05, 4.69) is 17.6 Å². The summed E-state index contributed by atoms with van der Waals surface area (Å²) in [5.41, 5.74) is 1.55. The maximum absolute atomic E-state index is 12.3. The molecule has 0 unspecified atom stereocenters. The maximum Gasteiger partial charge on any atom is 0.255 e. The normalized spacial score (nSPS) is 10.2. The fraction of sp³-hybridized carbons (Fsp3) is 0.263. The number of hydrogen-bond donors (Lipinski definition) is 2. The van der Waals surface area contributed by atoms with E-state index in [9.17, 15) is 9.59 Å². The third-order valence-corrected chi connectivity index (χ3v) is 3.93. The standard InChI is InChI=1S/C19H21ClN2O3/c1-3-4-11-21-18(23)13-5-7-14(8-6-13)19(24)22-15-9-10-17(25-2)16(20)12-15/h5-10,12H,3-4,11H2,1-2H3,(H,21,23)(H,22,24). The highest BCUT2D eigenvalue weighted by Gasteiger charge is 2.10. The Morgan fingerprint density at radius 3 is 2.24 bits per heavy atom. The van der Waals surface area contributed by atoms with E-state index in [1.807, 2.05) is 0 Å². The first-order valence-electron chi connectivity index (χ1n) is 8.08. The van der Waals surface area contributed by atoms with Gasteiger partial charge in [-0.1, -0.05) is 24.9 Å². The third-order valence-electron chi connectivity index (χ3n) is 3.63. The number of nitrogens with one attached hydrogen (secondary N) is 2. The summed E-state index contributed by atoms with van der Waals surface area (Å²) in [7, 11) is 1.53. The molecule has 0 atom stereocenters. The van der Waals surface area contributed by atoms with Crippen LogP contribution in [0.4, 0.5) is 5.69 Å². The van der Waals surface area contributed by atoms with Crippen molar-refractivity contribution in [2.45, 2.75) is 19.8 Å². The summed E-state index contributed by atoms with van der Waals surface area (Å²) in [4.78, 5) is 24.2. The Labute approximate surface area is 152 Å². The van der Waals surface area contributed by atoms with Gasteiger partial charge in [0.05, 0.1) is 12.1 Å². The first kappa shape index (κ1) is 18.8. The number of carbonyl (C=O) groups is 2. The van der Waals surface area contributed by atoms with Gasteiger partial charge in [-0.25, -0.2) is 0 Å². The molecular formula is C19H21ClN2O3. The predicted molar refractivity (Wildman–Crippen MR) is 99.6 cm³/mol. The number of amides is 2. The highest BCUT2D eigenvalue weighted by molar-refractivity contribution is 6.32. The first-order valence-corrected chi connectivity index (χ1v) is 8.46. The molecule has 0 bridgehead atoms. The molecule has 25 heavy (non-hydrogen) atoms. The third kappa shape index (κ3) is 5.22. The molecule has 0 aliphatic heterocycles. The summed E-state index contributed by atoms with van der Waals surface area (Å²) in [6.07, 6.45) is 1.96. The van der Waals surface area contributed by atoms with Gasteiger partial charge >= 0.3 is 0 Å². The van der Waals surface area contributed by atoms with E-state index in [1.54, 1.807) is 42.5 Å². The Morgan fingerprint density at radius 2 is 1.68 bits per heavy atom. The van der Waals surface area contributed by atoms with E-state index in [4.69, 9.17) is 16.3 Å². The number of ether oxygens (including phenoxy) is 1. The van der Waals surface area contributed by atoms with Crippen molar-refractivity contribution in [1.29, 1.82) is 0 Å². The second-order valence-electron chi connectivity index (χ2n) is 5.49. The lowest BCUT2D eigenvalue weighted by atomic mass is 10.1. The summed E-state index contributed by atoms with van der Waals surface area (Å²) in [6.45, 7) is 2.71. The molecule has 0 aromatic heterocycles. The molecule has 0 aliphatic rings. The van der Waals surface area contributed by atoms with Gasteiger partial charge < -0.3 is 15.4 Å². The Bertz CT molecular complexity index is 745. The van der Waals surface area contributed by atoms with Crippen molar-refractivity contribution in [1.82, 2.24) is 5.32 Å². The quantitative estimate of drug-likeness (QED) is 0.729. The Hall–Kier alpha value is -2.53. The minimum Gasteiger partial charge on any atom is -0.495 e. The molecule has 2 rings (SSSR count). The number of anilines is 1. The molecule has 0 saturated heterocycles. The lowest BCUT2D eigenvalue weighted by molar-refractivity contribution is 0.0951. The van der Waals surface area contributed by atoms with Crippen LogP contribution >= 0.6 is 11.6 Å². The van der Waals surface area contributed by atoms with Gasteiger partial charge in [0.1, 0.15) is 5.75 Å². The highest BCUT2D eigenvalue weighted by atomic mass is 35.5. The number of unbranched alkanes of at least 4 members (excludes halogenated alkanes) is 1. The average molecular weight is 361 g/mol. The molecule has 2 amide bonds. The Kier molecular flexibility index (Phi) is 6.83. The van der Waals surface area contributed by atoms with E-state index in [1.165, 1.54) is 7.11 Å². The number of hydrogen-bond acceptors (Lipinski definition) is 3. The molecule has 2 aromatic rings. The van der Waals surface area contributed by atoms with Crippen molar-refractivity contribution in [3.63, 3.8) is 0 Å². The fourth-order valence-corrected chi connectivity index (χ4v) is 2.46. The van der Waals surface area contributed by atoms with Gasteiger partial charge in [-0.15, -0.1) is 0 Å². The van der Waals surface area contributed by atoms with Crippen LogP contribution in [0.25, 0.3) is 0 Å². The van der Waals surface area contributed by atoms with Crippen molar-refractivity contribution in [2.75, 3.05) is 19.0 Å². The van der Waals surface area contributed by atoms with Gasteiger partial charge in [0, 0.05) is 23.4 Å². The largest absolute Gasteiger partial charge is 0.495 e. The Balaban J connectivity index is 2.00. The SMILES string of the molecule is CCCCNC(=O)c1ccc(C(=O)Nc2ccc(OC)c(Cl)c2)cc1. The average Bonchev–Trinajstić information content (AvgIpc) is 2.62. The van der Waals surface area contributed by atoms with Crippen molar-refractivity contribution in [2.24, 2.45) is 0 Å². The van der Waals surface area contributed by atoms with Crippen LogP contribution in [0.15, 0.2) is 42.5 Å². The number of rotatable bonds is 7. The van der Waals surface area contributed by atoms with Crippen molar-refractivity contribution in [3.05, 3.63) is 58.6 Å². The summed E-state index contributed by atoms with van der Waals surface area (Å²) in [5.74, 6) is 0.125. The van der Waals surface area contributed by atoms with Gasteiger partial charge in [-0.05, 0) is 48.9 Å². The molecule has 5 nitrogen and oxygen atoms in total. The van der Waals surface area contributed by atoms with Crippen LogP contribution in [-0.4, -0.2) is 25.5 Å². The summed E-state index contributed by atoms with van der Waals surface area (Å²) in [5, 5.41) is 6.02. The van der Waals surface area contributed by atoms with Crippen LogP contribution in [0.2, 0.25) is 5.02 Å². The van der Waals surface area contributed by atoms with E-state index in [-0.39, 0.29) is 11.8 Å². The number of benzene rings is 2. The van der Waals surface area contributed by atoms with Crippen molar-refractivity contribution in [3.8, 4) is 5.75 Å². The second-order valence-corrected chi connectivity index (χ2v) is 5.90. The molecule has 2 N–H and O–H groups in total. The van der Waals surface area contributed by atoms with Crippen molar-refractivity contribution >= 4 is 29.1 Å². The minimum atomic E-state index is -0.279. The first-order chi connectivity index (χ1) is 12.0. The predicted octanol–water partition coefficient (Wildman–Crippen LogP) is 4.13. The molecular weight excluding hydrogens is 340 g/mol. The van der Waals surface area contributed by atoms with Crippen molar-refractivity contribution < 1.29 is 14.3 Å². The molecule has 132 valence electrons. The van der Waals surface area contributed by atoms with E-state index in [0.717, 1.165) is 12.8 Å². The zero-order valence-corrected chi connectivity index (χ0v) is 15.0. The summed E-state index contributed by atoms with van der Waals surface area (Å²) < 4.78 is 5.08. The number of methoxy groups -OCH3 is 1. The topological polar surface area (TPSA) is 67.4 Å². The lowest BCUT2D eigenvalue weighted by Crippen LogP contribution is -2.24. The molecule has 0 saturated carbocycles. The van der Waals surface area contributed by atoms with Crippen LogP contribution in [0, 0.1) is 0 Å². The second kappa shape index (κ2) is 9.08. The van der Waals surface area contributed by atoms with Crippen LogP contribution in [0.1, 0.15) is 40.5 Å². The zero-order valence-electron chi connectivity index (χ0n) is 14.3. The van der Waals surface area contributed by atoms with Crippen LogP contribution < -0.4 is 15.4 Å². The molecule has 0 radical (unpaired) electrons. The molecule has 0 heterocycles. The maximum atomic E-state index is 12.3. The summed E-state index contributed by atoms with van der Waals surface area (Å²) in [6, 6.07) is 11.5. The molecule has 0 spiro atoms. The number of carbonyl (C=O) groups excluding carboxylic acids is 2.